The molecular weight excluding hydrogens is 403 g/mol. The minimum Gasteiger partial charge on any atom is -0.408 e. The van der Waals surface area contributed by atoms with Crippen LogP contribution in [0.25, 0.3) is 0 Å². The number of hydrogen-bond acceptors (Lipinski definition) is 8. The van der Waals surface area contributed by atoms with Gasteiger partial charge in [0.25, 0.3) is 6.48 Å². The van der Waals surface area contributed by atoms with E-state index >= 15 is 0 Å². The fraction of sp³-hybridized carbons (Fsp3) is 1.00. The van der Waals surface area contributed by atoms with Crippen LogP contribution in [0.1, 0.15) is 34.6 Å². The van der Waals surface area contributed by atoms with E-state index in [-0.39, 0.29) is 30.3 Å². The van der Waals surface area contributed by atoms with Gasteiger partial charge in [0.05, 0.1) is 31.6 Å². The van der Waals surface area contributed by atoms with Crippen molar-refractivity contribution in [2.75, 3.05) is 19.4 Å². The molecule has 10 heteroatoms. The lowest BCUT2D eigenvalue weighted by Crippen LogP contribution is -2.75. The van der Waals surface area contributed by atoms with Crippen molar-refractivity contribution in [3.63, 3.8) is 0 Å². The first kappa shape index (κ1) is 22.8. The first-order chi connectivity index (χ1) is 12.9. The molecule has 7 atom stereocenters. The van der Waals surface area contributed by atoms with Crippen molar-refractivity contribution in [3.8, 4) is 0 Å². The Morgan fingerprint density at radius 3 is 2.07 bits per heavy atom. The summed E-state index contributed by atoms with van der Waals surface area (Å²) in [5.74, 6) is -0.370. The Balaban J connectivity index is 1.87. The Morgan fingerprint density at radius 1 is 1.00 bits per heavy atom. The molecule has 8 nitrogen and oxygen atoms in total. The van der Waals surface area contributed by atoms with Crippen molar-refractivity contribution in [2.24, 2.45) is 5.92 Å². The molecule has 4 fully saturated rings. The predicted molar refractivity (Wildman–Crippen MR) is 106 cm³/mol. The van der Waals surface area contributed by atoms with Gasteiger partial charge in [-0.25, -0.2) is 0 Å². The molecule has 0 unspecified atom stereocenters. The summed E-state index contributed by atoms with van der Waals surface area (Å²) in [6, 6.07) is 0. The van der Waals surface area contributed by atoms with Crippen LogP contribution in [0.15, 0.2) is 0 Å². The fourth-order valence-corrected chi connectivity index (χ4v) is 7.21. The summed E-state index contributed by atoms with van der Waals surface area (Å²) in [5.41, 5.74) is 0. The average Bonchev–Trinajstić information content (AvgIpc) is 2.56. The highest BCUT2D eigenvalue weighted by atomic mass is 31.2. The number of aliphatic hydroxyl groups excluding tert-OH is 1. The van der Waals surface area contributed by atoms with Crippen molar-refractivity contribution in [1.82, 2.24) is 0 Å². The highest BCUT2D eigenvalue weighted by Gasteiger charge is 2.64. The van der Waals surface area contributed by atoms with Gasteiger partial charge in [0, 0.05) is 5.92 Å². The zero-order valence-electron chi connectivity index (χ0n) is 17.9. The number of hydrogen-bond donors (Lipinski definition) is 1. The lowest BCUT2D eigenvalue weighted by Gasteiger charge is -2.60. The smallest absolute Gasteiger partial charge is 0.331 e. The Morgan fingerprint density at radius 2 is 1.54 bits per heavy atom. The standard InChI is InChI=1S/C18H35O8PSi/c1-8-21-27(20,22-9-2)10-11-13-12(19)15-16(14(11)24-17(23-13)25-15)26-28(6,7)18(3,4)5/h11-17,19H,8-10H2,1-7H3/t11-,12+,13+,14-,15+,16-,17-/m1/s1. The molecule has 3 saturated heterocycles. The molecule has 0 aromatic carbocycles. The van der Waals surface area contributed by atoms with Crippen molar-refractivity contribution in [1.29, 1.82) is 0 Å². The maximum absolute atomic E-state index is 13.2. The third-order valence-electron chi connectivity index (χ3n) is 6.29. The molecule has 0 aromatic heterocycles. The second-order valence-electron chi connectivity index (χ2n) is 9.22. The largest absolute Gasteiger partial charge is 0.408 e. The van der Waals surface area contributed by atoms with E-state index in [4.69, 9.17) is 27.7 Å². The molecule has 4 rings (SSSR count). The highest BCUT2D eigenvalue weighted by molar-refractivity contribution is 7.53. The van der Waals surface area contributed by atoms with E-state index < -0.39 is 52.9 Å². The van der Waals surface area contributed by atoms with Crippen molar-refractivity contribution < 1.29 is 37.4 Å². The van der Waals surface area contributed by atoms with E-state index in [2.05, 4.69) is 33.9 Å². The lowest BCUT2D eigenvalue weighted by atomic mass is 9.77. The fourth-order valence-electron chi connectivity index (χ4n) is 3.90. The molecule has 1 N–H and O–H groups in total. The maximum Gasteiger partial charge on any atom is 0.331 e. The zero-order valence-corrected chi connectivity index (χ0v) is 19.8. The van der Waals surface area contributed by atoms with Crippen LogP contribution in [0.4, 0.5) is 0 Å². The Kier molecular flexibility index (Phi) is 6.54. The van der Waals surface area contributed by atoms with Gasteiger partial charge in [-0.3, -0.25) is 4.57 Å². The zero-order chi connectivity index (χ0) is 20.9. The number of rotatable bonds is 8. The van der Waals surface area contributed by atoms with Gasteiger partial charge in [0.1, 0.15) is 18.3 Å². The van der Waals surface area contributed by atoms with Crippen LogP contribution in [-0.4, -0.2) is 69.8 Å². The van der Waals surface area contributed by atoms with E-state index in [1.54, 1.807) is 13.8 Å². The van der Waals surface area contributed by atoms with Crippen LogP contribution in [0.5, 0.6) is 0 Å². The molecule has 0 spiro atoms. The Bertz CT molecular complexity index is 599. The van der Waals surface area contributed by atoms with Crippen LogP contribution in [0, 0.1) is 5.92 Å². The van der Waals surface area contributed by atoms with Crippen molar-refractivity contribution in [3.05, 3.63) is 0 Å². The monoisotopic (exact) mass is 438 g/mol. The average molecular weight is 439 g/mol. The molecule has 3 aliphatic heterocycles. The molecule has 1 saturated carbocycles. The lowest BCUT2D eigenvalue weighted by molar-refractivity contribution is -0.473. The van der Waals surface area contributed by atoms with Gasteiger partial charge in [0.15, 0.2) is 8.32 Å². The summed E-state index contributed by atoms with van der Waals surface area (Å²) in [5, 5.41) is 10.9. The topological polar surface area (TPSA) is 92.7 Å². The summed E-state index contributed by atoms with van der Waals surface area (Å²) in [6.45, 7) is 14.1. The van der Waals surface area contributed by atoms with E-state index in [0.717, 1.165) is 0 Å². The van der Waals surface area contributed by atoms with Gasteiger partial charge in [-0.1, -0.05) is 20.8 Å². The first-order valence-electron chi connectivity index (χ1n) is 10.1. The van der Waals surface area contributed by atoms with Crippen LogP contribution in [0.2, 0.25) is 18.1 Å². The first-order valence-corrected chi connectivity index (χ1v) is 14.8. The van der Waals surface area contributed by atoms with Crippen LogP contribution < -0.4 is 0 Å². The molecule has 1 aliphatic carbocycles. The normalized spacial score (nSPS) is 38.2. The second kappa shape index (κ2) is 8.02. The summed E-state index contributed by atoms with van der Waals surface area (Å²) >= 11 is 0. The molecule has 0 radical (unpaired) electrons. The van der Waals surface area contributed by atoms with Gasteiger partial charge in [-0.15, -0.1) is 0 Å². The van der Waals surface area contributed by atoms with Crippen molar-refractivity contribution in [2.45, 2.75) is 89.7 Å². The third-order valence-corrected chi connectivity index (χ3v) is 12.9. The second-order valence-corrected chi connectivity index (χ2v) is 16.1. The van der Waals surface area contributed by atoms with Gasteiger partial charge >= 0.3 is 7.60 Å². The van der Waals surface area contributed by atoms with Crippen LogP contribution in [0.3, 0.4) is 0 Å². The van der Waals surface area contributed by atoms with E-state index in [1.807, 2.05) is 0 Å². The summed E-state index contributed by atoms with van der Waals surface area (Å²) < 4.78 is 48.2. The van der Waals surface area contributed by atoms with Gasteiger partial charge in [0.2, 0.25) is 0 Å². The molecule has 0 aromatic rings. The minimum atomic E-state index is -3.34. The summed E-state index contributed by atoms with van der Waals surface area (Å²) in [7, 11) is -5.50. The predicted octanol–water partition coefficient (Wildman–Crippen LogP) is 3.10. The summed E-state index contributed by atoms with van der Waals surface area (Å²) in [6.07, 6.45) is -2.68. The van der Waals surface area contributed by atoms with Crippen LogP contribution >= 0.6 is 7.60 Å². The minimum absolute atomic E-state index is 0.00938. The molecule has 4 bridgehead atoms. The Labute approximate surface area is 168 Å². The van der Waals surface area contributed by atoms with Crippen molar-refractivity contribution >= 4 is 15.9 Å². The maximum atomic E-state index is 13.2. The van der Waals surface area contributed by atoms with Gasteiger partial charge in [-0.05, 0) is 32.0 Å². The van der Waals surface area contributed by atoms with E-state index in [0.29, 0.717) is 0 Å². The molecule has 28 heavy (non-hydrogen) atoms. The highest BCUT2D eigenvalue weighted by Crippen LogP contribution is 2.55. The molecule has 0 amide bonds. The molecule has 3 heterocycles. The van der Waals surface area contributed by atoms with E-state index in [1.165, 1.54) is 0 Å². The summed E-state index contributed by atoms with van der Waals surface area (Å²) in [4.78, 5) is 0. The third kappa shape index (κ3) is 4.15. The quantitative estimate of drug-likeness (QED) is 0.457. The van der Waals surface area contributed by atoms with Gasteiger partial charge in [-0.2, -0.15) is 0 Å². The van der Waals surface area contributed by atoms with Gasteiger partial charge < -0.3 is 32.8 Å². The molecule has 164 valence electrons. The molecule has 4 aliphatic rings. The number of aliphatic hydroxyl groups is 1. The number of ether oxygens (including phenoxy) is 3. The van der Waals surface area contributed by atoms with E-state index in [9.17, 15) is 9.67 Å². The van der Waals surface area contributed by atoms with Crippen LogP contribution in [-0.2, 0) is 32.2 Å². The Hall–Kier alpha value is 0.167. The SMILES string of the molecule is CCOP(=O)(C[C@@H]1[C@@H]2O[C@@H]3O[C@H]1[C@@H](O[Si](C)(C)C(C)(C)C)[C@@H](O3)[C@H]2O)OCC. The molecular formula is C18H35O8PSi.